The predicted molar refractivity (Wildman–Crippen MR) is 59.2 cm³/mol. The highest BCUT2D eigenvalue weighted by molar-refractivity contribution is 5.21. The van der Waals surface area contributed by atoms with Crippen LogP contribution in [0.1, 0.15) is 25.5 Å². The van der Waals surface area contributed by atoms with Gasteiger partial charge in [0.1, 0.15) is 11.6 Å². The number of rotatable bonds is 5. The molecule has 1 N–H and O–H groups in total. The Morgan fingerprint density at radius 3 is 2.62 bits per heavy atom. The highest BCUT2D eigenvalue weighted by atomic mass is 19.1. The summed E-state index contributed by atoms with van der Waals surface area (Å²) in [7, 11) is 1.60. The third kappa shape index (κ3) is 3.54. The molecular weight excluding hydrogens is 212 g/mol. The Kier molecular flexibility index (Phi) is 4.83. The molecule has 90 valence electrons. The van der Waals surface area contributed by atoms with E-state index in [4.69, 9.17) is 4.74 Å². The van der Waals surface area contributed by atoms with Crippen molar-refractivity contribution in [1.82, 2.24) is 5.32 Å². The average molecular weight is 229 g/mol. The number of hydrogen-bond acceptors (Lipinski definition) is 2. The molecule has 0 aromatic heterocycles. The molecule has 0 aliphatic heterocycles. The maximum Gasteiger partial charge on any atom is 0.128 e. The lowest BCUT2D eigenvalue weighted by Gasteiger charge is -2.20. The Labute approximate surface area is 94.6 Å². The summed E-state index contributed by atoms with van der Waals surface area (Å²) in [5, 5.41) is 3.13. The molecule has 1 rings (SSSR count). The van der Waals surface area contributed by atoms with E-state index in [1.807, 2.05) is 6.92 Å². The zero-order valence-electron chi connectivity index (χ0n) is 9.76. The quantitative estimate of drug-likeness (QED) is 0.838. The molecule has 0 aliphatic rings. The first-order valence-corrected chi connectivity index (χ1v) is 5.24. The Balaban J connectivity index is 2.72. The molecule has 0 saturated heterocycles. The van der Waals surface area contributed by atoms with E-state index in [0.717, 1.165) is 12.1 Å². The molecule has 1 aromatic rings. The van der Waals surface area contributed by atoms with E-state index in [9.17, 15) is 8.78 Å². The van der Waals surface area contributed by atoms with Crippen LogP contribution in [0.25, 0.3) is 0 Å². The Bertz CT molecular complexity index is 344. The summed E-state index contributed by atoms with van der Waals surface area (Å²) in [6.45, 7) is 4.25. The van der Waals surface area contributed by atoms with E-state index in [0.29, 0.717) is 12.2 Å². The van der Waals surface area contributed by atoms with Crippen LogP contribution >= 0.6 is 0 Å². The van der Waals surface area contributed by atoms with Gasteiger partial charge in [0.25, 0.3) is 0 Å². The molecule has 0 radical (unpaired) electrons. The zero-order chi connectivity index (χ0) is 12.1. The van der Waals surface area contributed by atoms with Gasteiger partial charge in [-0.25, -0.2) is 8.78 Å². The predicted octanol–water partition coefficient (Wildman–Crippen LogP) is 2.65. The van der Waals surface area contributed by atoms with Gasteiger partial charge in [0.05, 0.1) is 6.61 Å². The van der Waals surface area contributed by atoms with Gasteiger partial charge in [0.15, 0.2) is 0 Å². The van der Waals surface area contributed by atoms with Gasteiger partial charge in [0.2, 0.25) is 0 Å². The van der Waals surface area contributed by atoms with Crippen LogP contribution in [-0.2, 0) is 4.74 Å². The summed E-state index contributed by atoms with van der Waals surface area (Å²) in [5.74, 6) is -0.824. The molecule has 2 atom stereocenters. The smallest absolute Gasteiger partial charge is 0.128 e. The van der Waals surface area contributed by atoms with Crippen LogP contribution in [-0.4, -0.2) is 19.8 Å². The number of benzene rings is 1. The number of methoxy groups -OCH3 is 1. The van der Waals surface area contributed by atoms with E-state index in [1.165, 1.54) is 6.07 Å². The number of hydrogen-bond donors (Lipinski definition) is 1. The van der Waals surface area contributed by atoms with Gasteiger partial charge in [-0.05, 0) is 32.0 Å². The van der Waals surface area contributed by atoms with Gasteiger partial charge in [-0.1, -0.05) is 0 Å². The number of ether oxygens (including phenoxy) is 1. The fraction of sp³-hybridized carbons (Fsp3) is 0.500. The van der Waals surface area contributed by atoms with Crippen LogP contribution in [0.15, 0.2) is 18.2 Å². The molecule has 2 unspecified atom stereocenters. The summed E-state index contributed by atoms with van der Waals surface area (Å²) >= 11 is 0. The minimum atomic E-state index is -0.426. The van der Waals surface area contributed by atoms with Crippen molar-refractivity contribution in [3.8, 4) is 0 Å². The highest BCUT2D eigenvalue weighted by Gasteiger charge is 2.13. The third-order valence-electron chi connectivity index (χ3n) is 2.38. The van der Waals surface area contributed by atoms with Gasteiger partial charge in [-0.3, -0.25) is 0 Å². The second-order valence-electron chi connectivity index (χ2n) is 3.91. The van der Waals surface area contributed by atoms with E-state index >= 15 is 0 Å². The van der Waals surface area contributed by atoms with E-state index < -0.39 is 11.6 Å². The van der Waals surface area contributed by atoms with E-state index in [2.05, 4.69) is 5.32 Å². The van der Waals surface area contributed by atoms with Crippen molar-refractivity contribution in [2.24, 2.45) is 0 Å². The third-order valence-corrected chi connectivity index (χ3v) is 2.38. The van der Waals surface area contributed by atoms with Crippen LogP contribution in [0, 0.1) is 11.6 Å². The SMILES string of the molecule is COCC(C)NC(C)c1cc(F)ccc1F. The van der Waals surface area contributed by atoms with Gasteiger partial charge >= 0.3 is 0 Å². The fourth-order valence-electron chi connectivity index (χ4n) is 1.66. The summed E-state index contributed by atoms with van der Waals surface area (Å²) < 4.78 is 31.4. The lowest BCUT2D eigenvalue weighted by Crippen LogP contribution is -2.32. The fourth-order valence-corrected chi connectivity index (χ4v) is 1.66. The molecule has 1 aromatic carbocycles. The lowest BCUT2D eigenvalue weighted by atomic mass is 10.1. The first-order valence-electron chi connectivity index (χ1n) is 5.24. The average Bonchev–Trinajstić information content (AvgIpc) is 2.21. The van der Waals surface area contributed by atoms with E-state index in [-0.39, 0.29) is 12.1 Å². The van der Waals surface area contributed by atoms with Crippen molar-refractivity contribution in [1.29, 1.82) is 0 Å². The first kappa shape index (κ1) is 13.1. The molecule has 4 heteroatoms. The number of halogens is 2. The summed E-state index contributed by atoms with van der Waals surface area (Å²) in [6, 6.07) is 3.31. The molecule has 0 fully saturated rings. The van der Waals surface area contributed by atoms with Crippen LogP contribution in [0.2, 0.25) is 0 Å². The molecule has 2 nitrogen and oxygen atoms in total. The van der Waals surface area contributed by atoms with Gasteiger partial charge in [-0.15, -0.1) is 0 Å². The Morgan fingerprint density at radius 2 is 2.00 bits per heavy atom. The van der Waals surface area contributed by atoms with Gasteiger partial charge in [-0.2, -0.15) is 0 Å². The van der Waals surface area contributed by atoms with Gasteiger partial charge in [0, 0.05) is 24.8 Å². The van der Waals surface area contributed by atoms with Crippen molar-refractivity contribution in [3.05, 3.63) is 35.4 Å². The molecule has 16 heavy (non-hydrogen) atoms. The normalized spacial score (nSPS) is 14.8. The summed E-state index contributed by atoms with van der Waals surface area (Å²) in [5.41, 5.74) is 0.336. The topological polar surface area (TPSA) is 21.3 Å². The van der Waals surface area contributed by atoms with Crippen molar-refractivity contribution in [3.63, 3.8) is 0 Å². The Morgan fingerprint density at radius 1 is 1.31 bits per heavy atom. The number of nitrogens with one attached hydrogen (secondary N) is 1. The largest absolute Gasteiger partial charge is 0.383 e. The molecule has 0 heterocycles. The monoisotopic (exact) mass is 229 g/mol. The van der Waals surface area contributed by atoms with E-state index in [1.54, 1.807) is 14.0 Å². The second-order valence-corrected chi connectivity index (χ2v) is 3.91. The zero-order valence-corrected chi connectivity index (χ0v) is 9.76. The molecular formula is C12H17F2NO. The highest BCUT2D eigenvalue weighted by Crippen LogP contribution is 2.18. The van der Waals surface area contributed by atoms with Crippen LogP contribution < -0.4 is 5.32 Å². The maximum absolute atomic E-state index is 13.4. The molecule has 0 saturated carbocycles. The molecule has 0 spiro atoms. The van der Waals surface area contributed by atoms with Crippen LogP contribution in [0.3, 0.4) is 0 Å². The first-order chi connectivity index (χ1) is 7.54. The van der Waals surface area contributed by atoms with Crippen molar-refractivity contribution >= 4 is 0 Å². The van der Waals surface area contributed by atoms with Crippen LogP contribution in [0.5, 0.6) is 0 Å². The lowest BCUT2D eigenvalue weighted by molar-refractivity contribution is 0.167. The summed E-state index contributed by atoms with van der Waals surface area (Å²) in [4.78, 5) is 0. The minimum Gasteiger partial charge on any atom is -0.383 e. The molecule has 0 amide bonds. The maximum atomic E-state index is 13.4. The van der Waals surface area contributed by atoms with Crippen molar-refractivity contribution in [2.75, 3.05) is 13.7 Å². The summed E-state index contributed by atoms with van der Waals surface area (Å²) in [6.07, 6.45) is 0. The second kappa shape index (κ2) is 5.92. The van der Waals surface area contributed by atoms with Crippen LogP contribution in [0.4, 0.5) is 8.78 Å². The standard InChI is InChI=1S/C12H17F2NO/c1-8(7-16-3)15-9(2)11-6-10(13)4-5-12(11)14/h4-6,8-9,15H,7H2,1-3H3. The van der Waals surface area contributed by atoms with Crippen molar-refractivity contribution in [2.45, 2.75) is 25.9 Å². The van der Waals surface area contributed by atoms with Crippen molar-refractivity contribution < 1.29 is 13.5 Å². The van der Waals surface area contributed by atoms with Gasteiger partial charge < -0.3 is 10.1 Å². The minimum absolute atomic E-state index is 0.0858. The molecule has 0 bridgehead atoms. The Hall–Kier alpha value is -1.00. The molecule has 0 aliphatic carbocycles.